The molecule has 0 fully saturated rings. The van der Waals surface area contributed by atoms with E-state index in [4.69, 9.17) is 11.6 Å². The van der Waals surface area contributed by atoms with Gasteiger partial charge in [0.25, 0.3) is 0 Å². The van der Waals surface area contributed by atoms with E-state index in [2.05, 4.69) is 29.5 Å². The van der Waals surface area contributed by atoms with Gasteiger partial charge in [-0.2, -0.15) is 0 Å². The number of imidazole rings is 1. The standard InChI is InChI=1S/C13H17ClN2/c1-9(2)8-16-12-7-5-4-6-11(12)15-13(16)10(3)14/h4-7,9-10H,8H2,1-3H3. The van der Waals surface area contributed by atoms with Crippen LogP contribution in [0.5, 0.6) is 0 Å². The van der Waals surface area contributed by atoms with Crippen LogP contribution in [0.25, 0.3) is 11.0 Å². The predicted molar refractivity (Wildman–Crippen MR) is 68.8 cm³/mol. The number of hydrogen-bond donors (Lipinski definition) is 0. The molecule has 2 rings (SSSR count). The van der Waals surface area contributed by atoms with Crippen LogP contribution in [0.1, 0.15) is 32.0 Å². The molecule has 16 heavy (non-hydrogen) atoms. The molecule has 2 aromatic rings. The molecule has 0 aliphatic rings. The van der Waals surface area contributed by atoms with E-state index < -0.39 is 0 Å². The molecule has 2 nitrogen and oxygen atoms in total. The molecule has 0 saturated heterocycles. The van der Waals surface area contributed by atoms with Crippen molar-refractivity contribution in [2.75, 3.05) is 0 Å². The first-order valence-electron chi connectivity index (χ1n) is 5.69. The molecule has 0 radical (unpaired) electrons. The monoisotopic (exact) mass is 236 g/mol. The van der Waals surface area contributed by atoms with Gasteiger partial charge in [0.2, 0.25) is 0 Å². The zero-order valence-electron chi connectivity index (χ0n) is 9.94. The smallest absolute Gasteiger partial charge is 0.127 e. The molecule has 0 aliphatic heterocycles. The highest BCUT2D eigenvalue weighted by Crippen LogP contribution is 2.25. The Hall–Kier alpha value is -1.02. The molecule has 1 unspecified atom stereocenters. The van der Waals surface area contributed by atoms with Crippen molar-refractivity contribution in [1.29, 1.82) is 0 Å². The Kier molecular flexibility index (Phi) is 3.20. The van der Waals surface area contributed by atoms with Crippen LogP contribution in [-0.2, 0) is 6.54 Å². The summed E-state index contributed by atoms with van der Waals surface area (Å²) in [5.74, 6) is 1.56. The van der Waals surface area contributed by atoms with Crippen LogP contribution in [0.4, 0.5) is 0 Å². The molecule has 1 aromatic carbocycles. The first kappa shape index (κ1) is 11.5. The van der Waals surface area contributed by atoms with E-state index in [-0.39, 0.29) is 5.38 Å². The molecule has 1 aromatic heterocycles. The SMILES string of the molecule is CC(C)Cn1c(C(C)Cl)nc2ccccc21. The largest absolute Gasteiger partial charge is 0.326 e. The van der Waals surface area contributed by atoms with E-state index in [0.717, 1.165) is 17.9 Å². The van der Waals surface area contributed by atoms with E-state index in [0.29, 0.717) is 5.92 Å². The third kappa shape index (κ3) is 2.07. The number of rotatable bonds is 3. The van der Waals surface area contributed by atoms with Gasteiger partial charge in [0, 0.05) is 6.54 Å². The highest BCUT2D eigenvalue weighted by Gasteiger charge is 2.14. The number of nitrogens with zero attached hydrogens (tertiary/aromatic N) is 2. The Labute approximate surface area is 101 Å². The Morgan fingerprint density at radius 3 is 2.56 bits per heavy atom. The van der Waals surface area contributed by atoms with Crippen molar-refractivity contribution >= 4 is 22.6 Å². The highest BCUT2D eigenvalue weighted by molar-refractivity contribution is 6.20. The summed E-state index contributed by atoms with van der Waals surface area (Å²) in [5.41, 5.74) is 2.21. The molecule has 3 heteroatoms. The van der Waals surface area contributed by atoms with Crippen molar-refractivity contribution in [3.05, 3.63) is 30.1 Å². The van der Waals surface area contributed by atoms with Gasteiger partial charge in [0.15, 0.2) is 0 Å². The Balaban J connectivity index is 2.60. The van der Waals surface area contributed by atoms with Crippen molar-refractivity contribution in [3.63, 3.8) is 0 Å². The van der Waals surface area contributed by atoms with Gasteiger partial charge in [-0.25, -0.2) is 4.98 Å². The summed E-state index contributed by atoms with van der Waals surface area (Å²) in [5, 5.41) is -0.0499. The molecule has 86 valence electrons. The Morgan fingerprint density at radius 2 is 1.94 bits per heavy atom. The predicted octanol–water partition coefficient (Wildman–Crippen LogP) is 3.99. The summed E-state index contributed by atoms with van der Waals surface area (Å²) in [6, 6.07) is 8.20. The maximum Gasteiger partial charge on any atom is 0.127 e. The highest BCUT2D eigenvalue weighted by atomic mass is 35.5. The average molecular weight is 237 g/mol. The van der Waals surface area contributed by atoms with E-state index in [1.54, 1.807) is 0 Å². The zero-order chi connectivity index (χ0) is 11.7. The molecule has 0 saturated carbocycles. The molecule has 0 amide bonds. The minimum Gasteiger partial charge on any atom is -0.326 e. The summed E-state index contributed by atoms with van der Waals surface area (Å²) in [7, 11) is 0. The molecular formula is C13H17ClN2. The maximum absolute atomic E-state index is 6.18. The van der Waals surface area contributed by atoms with Gasteiger partial charge < -0.3 is 4.57 Å². The van der Waals surface area contributed by atoms with Gasteiger partial charge in [0.05, 0.1) is 16.4 Å². The van der Waals surface area contributed by atoms with Crippen LogP contribution >= 0.6 is 11.6 Å². The van der Waals surface area contributed by atoms with E-state index in [1.807, 2.05) is 25.1 Å². The summed E-state index contributed by atoms with van der Waals surface area (Å²) in [6.45, 7) is 7.35. The Morgan fingerprint density at radius 1 is 1.25 bits per heavy atom. The van der Waals surface area contributed by atoms with Gasteiger partial charge in [-0.15, -0.1) is 11.6 Å². The average Bonchev–Trinajstić information content (AvgIpc) is 2.57. The first-order chi connectivity index (χ1) is 7.59. The molecule has 0 bridgehead atoms. The van der Waals surface area contributed by atoms with Gasteiger partial charge in [0.1, 0.15) is 5.82 Å². The van der Waals surface area contributed by atoms with Gasteiger partial charge in [-0.3, -0.25) is 0 Å². The molecule has 0 spiro atoms. The third-order valence-corrected chi connectivity index (χ3v) is 2.78. The van der Waals surface area contributed by atoms with Crippen molar-refractivity contribution in [1.82, 2.24) is 9.55 Å². The lowest BCUT2D eigenvalue weighted by Crippen LogP contribution is -2.08. The maximum atomic E-state index is 6.18. The lowest BCUT2D eigenvalue weighted by molar-refractivity contribution is 0.517. The summed E-state index contributed by atoms with van der Waals surface area (Å²) in [4.78, 5) is 4.60. The fourth-order valence-corrected chi connectivity index (χ4v) is 2.12. The second-order valence-corrected chi connectivity index (χ2v) is 5.23. The van der Waals surface area contributed by atoms with Crippen molar-refractivity contribution in [2.45, 2.75) is 32.7 Å². The summed E-state index contributed by atoms with van der Waals surface area (Å²) in [6.07, 6.45) is 0. The molecule has 1 atom stereocenters. The van der Waals surface area contributed by atoms with Crippen LogP contribution in [0, 0.1) is 5.92 Å². The van der Waals surface area contributed by atoms with Gasteiger partial charge in [-0.1, -0.05) is 26.0 Å². The number of alkyl halides is 1. The van der Waals surface area contributed by atoms with Gasteiger partial charge >= 0.3 is 0 Å². The lowest BCUT2D eigenvalue weighted by atomic mass is 10.2. The van der Waals surface area contributed by atoms with E-state index in [9.17, 15) is 0 Å². The second-order valence-electron chi connectivity index (χ2n) is 4.58. The zero-order valence-corrected chi connectivity index (χ0v) is 10.7. The third-order valence-electron chi connectivity index (χ3n) is 2.59. The molecular weight excluding hydrogens is 220 g/mol. The number of aromatic nitrogens is 2. The fraction of sp³-hybridized carbons (Fsp3) is 0.462. The molecule has 1 heterocycles. The van der Waals surface area contributed by atoms with Crippen LogP contribution in [0.2, 0.25) is 0 Å². The van der Waals surface area contributed by atoms with Crippen molar-refractivity contribution in [2.24, 2.45) is 5.92 Å². The minimum absolute atomic E-state index is 0.0499. The summed E-state index contributed by atoms with van der Waals surface area (Å²) >= 11 is 6.18. The fourth-order valence-electron chi connectivity index (χ4n) is 1.95. The normalized spacial score (nSPS) is 13.6. The number of halogens is 1. The van der Waals surface area contributed by atoms with Crippen molar-refractivity contribution in [3.8, 4) is 0 Å². The van der Waals surface area contributed by atoms with Crippen LogP contribution in [0.3, 0.4) is 0 Å². The van der Waals surface area contributed by atoms with Crippen LogP contribution < -0.4 is 0 Å². The van der Waals surface area contributed by atoms with Crippen molar-refractivity contribution < 1.29 is 0 Å². The number of fused-ring (bicyclic) bond motifs is 1. The topological polar surface area (TPSA) is 17.8 Å². The van der Waals surface area contributed by atoms with Gasteiger partial charge in [-0.05, 0) is 25.0 Å². The summed E-state index contributed by atoms with van der Waals surface area (Å²) < 4.78 is 2.23. The lowest BCUT2D eigenvalue weighted by Gasteiger charge is -2.12. The van der Waals surface area contributed by atoms with Crippen LogP contribution in [-0.4, -0.2) is 9.55 Å². The number of benzene rings is 1. The molecule has 0 aliphatic carbocycles. The second kappa shape index (κ2) is 4.46. The number of para-hydroxylation sites is 2. The van der Waals surface area contributed by atoms with E-state index >= 15 is 0 Å². The Bertz CT molecular complexity index is 486. The number of hydrogen-bond acceptors (Lipinski definition) is 1. The quantitative estimate of drug-likeness (QED) is 0.737. The first-order valence-corrected chi connectivity index (χ1v) is 6.12. The minimum atomic E-state index is -0.0499. The molecule has 0 N–H and O–H groups in total. The van der Waals surface area contributed by atoms with E-state index in [1.165, 1.54) is 5.52 Å². The van der Waals surface area contributed by atoms with Crippen LogP contribution in [0.15, 0.2) is 24.3 Å².